The van der Waals surface area contributed by atoms with Crippen LogP contribution in [-0.4, -0.2) is 40.2 Å². The normalized spacial score (nSPS) is 9.31. The van der Waals surface area contributed by atoms with Crippen LogP contribution in [0.3, 0.4) is 0 Å². The fourth-order valence-electron chi connectivity index (χ4n) is 0.724. The smallest absolute Gasteiger partial charge is 0.423 e. The van der Waals surface area contributed by atoms with Crippen LogP contribution >= 0.6 is 0 Å². The molecule has 2 nitrogen and oxygen atoms in total. The molecule has 0 unspecified atom stereocenters. The van der Waals surface area contributed by atoms with Crippen LogP contribution in [0.25, 0.3) is 0 Å². The molecule has 0 heterocycles. The van der Waals surface area contributed by atoms with Crippen molar-refractivity contribution in [1.82, 2.24) is 0 Å². The summed E-state index contributed by atoms with van der Waals surface area (Å²) in [5.74, 6) is -4.52. The lowest BCUT2D eigenvalue weighted by Crippen LogP contribution is -2.30. The molecular formula is C6H6BF3MgO2. The van der Waals surface area contributed by atoms with Crippen molar-refractivity contribution in [1.29, 1.82) is 0 Å². The minimum atomic E-state index is -2.00. The molecule has 1 rings (SSSR count). The molecule has 13 heavy (non-hydrogen) atoms. The molecule has 0 saturated heterocycles. The van der Waals surface area contributed by atoms with Crippen molar-refractivity contribution in [2.45, 2.75) is 0 Å². The first-order valence-corrected chi connectivity index (χ1v) is 3.03. The molecule has 0 aliphatic carbocycles. The Morgan fingerprint density at radius 1 is 1.00 bits per heavy atom. The Morgan fingerprint density at radius 2 is 1.38 bits per heavy atom. The molecule has 0 fully saturated rings. The van der Waals surface area contributed by atoms with Gasteiger partial charge >= 0.3 is 30.2 Å². The zero-order valence-electron chi connectivity index (χ0n) is 5.76. The number of halogens is 3. The molecule has 0 amide bonds. The van der Waals surface area contributed by atoms with E-state index in [-0.39, 0.29) is 23.1 Å². The maximum atomic E-state index is 12.4. The summed E-state index contributed by atoms with van der Waals surface area (Å²) in [7, 11) is -2.00. The molecule has 2 N–H and O–H groups in total. The van der Waals surface area contributed by atoms with E-state index in [1.165, 1.54) is 0 Å². The van der Waals surface area contributed by atoms with Gasteiger partial charge in [0, 0.05) is 0 Å². The fraction of sp³-hybridized carbons (Fsp3) is 0. The van der Waals surface area contributed by atoms with E-state index in [0.29, 0.717) is 12.1 Å². The van der Waals surface area contributed by atoms with E-state index in [9.17, 15) is 13.2 Å². The van der Waals surface area contributed by atoms with E-state index in [4.69, 9.17) is 10.0 Å². The van der Waals surface area contributed by atoms with Gasteiger partial charge in [-0.3, -0.25) is 0 Å². The highest BCUT2D eigenvalue weighted by molar-refractivity contribution is 6.58. The molecule has 0 aromatic heterocycles. The van der Waals surface area contributed by atoms with Crippen LogP contribution in [0, 0.1) is 17.5 Å². The molecule has 7 heteroatoms. The van der Waals surface area contributed by atoms with Crippen LogP contribution < -0.4 is 5.46 Å². The van der Waals surface area contributed by atoms with E-state index < -0.39 is 30.0 Å². The standard InChI is InChI=1S/C6H4BF3O2.Mg.2H/c8-4-1-3(7(11)12)2-5(9)6(4)10;;;/h1-2,11-12H;;;. The Hall–Kier alpha value is -0.239. The fourth-order valence-corrected chi connectivity index (χ4v) is 0.724. The van der Waals surface area contributed by atoms with Crippen molar-refractivity contribution in [2.75, 3.05) is 0 Å². The van der Waals surface area contributed by atoms with Gasteiger partial charge in [0.15, 0.2) is 17.5 Å². The average molecular weight is 202 g/mol. The van der Waals surface area contributed by atoms with Gasteiger partial charge in [-0.25, -0.2) is 13.2 Å². The largest absolute Gasteiger partial charge is 0.488 e. The van der Waals surface area contributed by atoms with Crippen LogP contribution in [0.4, 0.5) is 13.2 Å². The second kappa shape index (κ2) is 4.85. The SMILES string of the molecule is OB(O)c1cc(F)c(F)c(F)c1.[MgH2]. The van der Waals surface area contributed by atoms with Crippen LogP contribution in [0.5, 0.6) is 0 Å². The second-order valence-corrected chi connectivity index (χ2v) is 2.17. The zero-order chi connectivity index (χ0) is 9.30. The Kier molecular flexibility index (Phi) is 4.76. The summed E-state index contributed by atoms with van der Waals surface area (Å²) in [6.45, 7) is 0. The van der Waals surface area contributed by atoms with Gasteiger partial charge in [-0.2, -0.15) is 0 Å². The first-order valence-electron chi connectivity index (χ1n) is 3.03. The molecule has 0 aliphatic rings. The minimum absolute atomic E-state index is 0. The Morgan fingerprint density at radius 3 is 1.69 bits per heavy atom. The van der Waals surface area contributed by atoms with Crippen molar-refractivity contribution < 1.29 is 23.2 Å². The number of hydrogen-bond acceptors (Lipinski definition) is 2. The third kappa shape index (κ3) is 2.87. The van der Waals surface area contributed by atoms with Gasteiger partial charge in [-0.1, -0.05) is 0 Å². The van der Waals surface area contributed by atoms with Gasteiger partial charge in [0.05, 0.1) is 0 Å². The van der Waals surface area contributed by atoms with Crippen molar-refractivity contribution in [3.8, 4) is 0 Å². The average Bonchev–Trinajstić information content (AvgIpc) is 1.99. The van der Waals surface area contributed by atoms with E-state index in [1.807, 2.05) is 0 Å². The minimum Gasteiger partial charge on any atom is -0.423 e. The molecule has 0 saturated carbocycles. The number of hydrogen-bond donors (Lipinski definition) is 2. The second-order valence-electron chi connectivity index (χ2n) is 2.17. The van der Waals surface area contributed by atoms with Crippen LogP contribution in [0.2, 0.25) is 0 Å². The third-order valence-corrected chi connectivity index (χ3v) is 1.30. The lowest BCUT2D eigenvalue weighted by molar-refractivity contribution is 0.421. The lowest BCUT2D eigenvalue weighted by atomic mass is 9.80. The molecule has 0 bridgehead atoms. The van der Waals surface area contributed by atoms with E-state index in [1.54, 1.807) is 0 Å². The molecule has 1 aromatic carbocycles. The summed E-state index contributed by atoms with van der Waals surface area (Å²) in [6.07, 6.45) is 0. The summed E-state index contributed by atoms with van der Waals surface area (Å²) < 4.78 is 37.0. The van der Waals surface area contributed by atoms with Gasteiger partial charge < -0.3 is 10.0 Å². The first kappa shape index (κ1) is 12.8. The molecule has 0 aliphatic heterocycles. The predicted octanol–water partition coefficient (Wildman–Crippen LogP) is -1.13. The molecule has 1 aromatic rings. The molecular weight excluding hydrogens is 196 g/mol. The van der Waals surface area contributed by atoms with E-state index in [2.05, 4.69) is 0 Å². The van der Waals surface area contributed by atoms with Crippen LogP contribution in [0.1, 0.15) is 0 Å². The third-order valence-electron chi connectivity index (χ3n) is 1.30. The quantitative estimate of drug-likeness (QED) is 0.447. The Bertz CT molecular complexity index is 285. The molecule has 0 spiro atoms. The summed E-state index contributed by atoms with van der Waals surface area (Å²) in [5, 5.41) is 16.9. The summed E-state index contributed by atoms with van der Waals surface area (Å²) in [6, 6.07) is 1.03. The monoisotopic (exact) mass is 202 g/mol. The maximum absolute atomic E-state index is 12.4. The molecule has 0 radical (unpaired) electrons. The lowest BCUT2D eigenvalue weighted by Gasteiger charge is -2.00. The highest BCUT2D eigenvalue weighted by Gasteiger charge is 2.17. The highest BCUT2D eigenvalue weighted by atomic mass is 24.3. The van der Waals surface area contributed by atoms with Crippen molar-refractivity contribution >= 4 is 35.6 Å². The van der Waals surface area contributed by atoms with Crippen LogP contribution in [-0.2, 0) is 0 Å². The predicted molar refractivity (Wildman–Crippen MR) is 44.7 cm³/mol. The Balaban J connectivity index is 0.00000144. The first-order chi connectivity index (χ1) is 5.52. The number of rotatable bonds is 1. The van der Waals surface area contributed by atoms with Crippen LogP contribution in [0.15, 0.2) is 12.1 Å². The molecule has 0 atom stereocenters. The van der Waals surface area contributed by atoms with Gasteiger partial charge in [-0.05, 0) is 17.6 Å². The van der Waals surface area contributed by atoms with Crippen molar-refractivity contribution in [3.63, 3.8) is 0 Å². The van der Waals surface area contributed by atoms with Gasteiger partial charge in [-0.15, -0.1) is 0 Å². The van der Waals surface area contributed by atoms with Gasteiger partial charge in [0.2, 0.25) is 0 Å². The summed E-state index contributed by atoms with van der Waals surface area (Å²) in [4.78, 5) is 0. The van der Waals surface area contributed by atoms with E-state index >= 15 is 0 Å². The highest BCUT2D eigenvalue weighted by Crippen LogP contribution is 2.07. The topological polar surface area (TPSA) is 40.5 Å². The van der Waals surface area contributed by atoms with Crippen molar-refractivity contribution in [3.05, 3.63) is 29.6 Å². The van der Waals surface area contributed by atoms with E-state index in [0.717, 1.165) is 0 Å². The molecule has 68 valence electrons. The Labute approximate surface area is 88.7 Å². The summed E-state index contributed by atoms with van der Waals surface area (Å²) in [5.41, 5.74) is -0.425. The maximum Gasteiger partial charge on any atom is 0.488 e. The zero-order valence-corrected chi connectivity index (χ0v) is 5.76. The van der Waals surface area contributed by atoms with Crippen molar-refractivity contribution in [2.24, 2.45) is 0 Å². The number of benzene rings is 1. The van der Waals surface area contributed by atoms with Gasteiger partial charge in [0.1, 0.15) is 0 Å². The van der Waals surface area contributed by atoms with Gasteiger partial charge in [0.25, 0.3) is 0 Å². The summed E-state index contributed by atoms with van der Waals surface area (Å²) >= 11 is 0.